The van der Waals surface area contributed by atoms with Crippen molar-refractivity contribution in [2.24, 2.45) is 0 Å². The fourth-order valence-corrected chi connectivity index (χ4v) is 3.62. The maximum atomic E-state index is 5.57. The third-order valence-electron chi connectivity index (χ3n) is 4.88. The van der Waals surface area contributed by atoms with Crippen molar-refractivity contribution in [1.29, 1.82) is 0 Å². The quantitative estimate of drug-likeness (QED) is 0.850. The van der Waals surface area contributed by atoms with Gasteiger partial charge in [-0.05, 0) is 50.6 Å². The van der Waals surface area contributed by atoms with Crippen LogP contribution in [-0.4, -0.2) is 40.5 Å². The molecule has 1 aliphatic rings. The van der Waals surface area contributed by atoms with Crippen LogP contribution < -0.4 is 24.4 Å². The third kappa shape index (κ3) is 3.73. The molecule has 1 saturated heterocycles. The van der Waals surface area contributed by atoms with Crippen molar-refractivity contribution in [1.82, 2.24) is 5.32 Å². The SMILES string of the molecule is COc1cc(N(c2cccc(C)c2)C2CCNCC2)cc(OC)c1OC. The van der Waals surface area contributed by atoms with Gasteiger partial charge in [0.25, 0.3) is 0 Å². The Morgan fingerprint density at radius 1 is 0.885 bits per heavy atom. The van der Waals surface area contributed by atoms with E-state index in [1.165, 1.54) is 11.3 Å². The van der Waals surface area contributed by atoms with Crippen LogP contribution in [0.15, 0.2) is 36.4 Å². The molecule has 0 radical (unpaired) electrons. The normalized spacial score (nSPS) is 14.8. The summed E-state index contributed by atoms with van der Waals surface area (Å²) < 4.78 is 16.6. The number of nitrogens with one attached hydrogen (secondary N) is 1. The molecule has 0 unspecified atom stereocenters. The average Bonchev–Trinajstić information content (AvgIpc) is 2.68. The molecule has 26 heavy (non-hydrogen) atoms. The van der Waals surface area contributed by atoms with Crippen LogP contribution in [-0.2, 0) is 0 Å². The minimum Gasteiger partial charge on any atom is -0.493 e. The number of hydrogen-bond donors (Lipinski definition) is 1. The molecular weight excluding hydrogens is 328 g/mol. The number of hydrogen-bond acceptors (Lipinski definition) is 5. The van der Waals surface area contributed by atoms with E-state index in [2.05, 4.69) is 41.4 Å². The zero-order valence-electron chi connectivity index (χ0n) is 16.0. The smallest absolute Gasteiger partial charge is 0.203 e. The highest BCUT2D eigenvalue weighted by Gasteiger charge is 2.25. The van der Waals surface area contributed by atoms with Crippen LogP contribution in [0.4, 0.5) is 11.4 Å². The highest BCUT2D eigenvalue weighted by molar-refractivity contribution is 5.71. The van der Waals surface area contributed by atoms with Gasteiger partial charge in [0.15, 0.2) is 11.5 Å². The summed E-state index contributed by atoms with van der Waals surface area (Å²) >= 11 is 0. The largest absolute Gasteiger partial charge is 0.493 e. The zero-order valence-corrected chi connectivity index (χ0v) is 16.0. The topological polar surface area (TPSA) is 43.0 Å². The number of anilines is 2. The molecular formula is C21H28N2O3. The van der Waals surface area contributed by atoms with Gasteiger partial charge in [-0.3, -0.25) is 0 Å². The van der Waals surface area contributed by atoms with Gasteiger partial charge in [-0.25, -0.2) is 0 Å². The van der Waals surface area contributed by atoms with Gasteiger partial charge in [0.1, 0.15) is 0 Å². The first kappa shape index (κ1) is 18.4. The number of aryl methyl sites for hydroxylation is 1. The number of nitrogens with zero attached hydrogens (tertiary/aromatic N) is 1. The molecule has 0 spiro atoms. The molecule has 2 aromatic carbocycles. The summed E-state index contributed by atoms with van der Waals surface area (Å²) in [7, 11) is 4.94. The Morgan fingerprint density at radius 2 is 1.54 bits per heavy atom. The van der Waals surface area contributed by atoms with Crippen molar-refractivity contribution in [3.8, 4) is 17.2 Å². The van der Waals surface area contributed by atoms with Gasteiger partial charge in [-0.15, -0.1) is 0 Å². The highest BCUT2D eigenvalue weighted by Crippen LogP contribution is 2.43. The first-order chi connectivity index (χ1) is 12.7. The molecule has 3 rings (SSSR count). The maximum Gasteiger partial charge on any atom is 0.203 e. The summed E-state index contributed by atoms with van der Waals surface area (Å²) in [5.74, 6) is 1.97. The lowest BCUT2D eigenvalue weighted by Gasteiger charge is -2.37. The molecule has 1 heterocycles. The molecule has 0 aliphatic carbocycles. The van der Waals surface area contributed by atoms with Crippen LogP contribution in [0.2, 0.25) is 0 Å². The second kappa shape index (κ2) is 8.32. The van der Waals surface area contributed by atoms with Crippen LogP contribution in [0.1, 0.15) is 18.4 Å². The number of ether oxygens (including phenoxy) is 3. The summed E-state index contributed by atoms with van der Waals surface area (Å²) in [5, 5.41) is 3.45. The minimum absolute atomic E-state index is 0.417. The molecule has 0 atom stereocenters. The molecule has 5 heteroatoms. The van der Waals surface area contributed by atoms with Gasteiger partial charge in [0, 0.05) is 29.5 Å². The van der Waals surface area contributed by atoms with Gasteiger partial charge in [-0.1, -0.05) is 12.1 Å². The Balaban J connectivity index is 2.12. The molecule has 5 nitrogen and oxygen atoms in total. The monoisotopic (exact) mass is 356 g/mol. The highest BCUT2D eigenvalue weighted by atomic mass is 16.5. The molecule has 0 amide bonds. The maximum absolute atomic E-state index is 5.57. The molecule has 140 valence electrons. The van der Waals surface area contributed by atoms with Crippen molar-refractivity contribution in [2.45, 2.75) is 25.8 Å². The number of rotatable bonds is 6. The second-order valence-corrected chi connectivity index (χ2v) is 6.57. The fourth-order valence-electron chi connectivity index (χ4n) is 3.62. The Kier molecular flexibility index (Phi) is 5.89. The number of piperidine rings is 1. The van der Waals surface area contributed by atoms with Crippen LogP contribution in [0.5, 0.6) is 17.2 Å². The van der Waals surface area contributed by atoms with E-state index in [0.29, 0.717) is 23.3 Å². The molecule has 0 bridgehead atoms. The van der Waals surface area contributed by atoms with E-state index >= 15 is 0 Å². The minimum atomic E-state index is 0.417. The van der Waals surface area contributed by atoms with E-state index in [9.17, 15) is 0 Å². The summed E-state index contributed by atoms with van der Waals surface area (Å²) in [6, 6.07) is 13.1. The lowest BCUT2D eigenvalue weighted by atomic mass is 10.0. The Labute approximate surface area is 155 Å². The first-order valence-electron chi connectivity index (χ1n) is 9.04. The van der Waals surface area contributed by atoms with Gasteiger partial charge < -0.3 is 24.4 Å². The standard InChI is InChI=1S/C21H28N2O3/c1-15-6-5-7-17(12-15)23(16-8-10-22-11-9-16)18-13-19(24-2)21(26-4)20(14-18)25-3/h5-7,12-14,16,22H,8-11H2,1-4H3. The summed E-state index contributed by atoms with van der Waals surface area (Å²) in [4.78, 5) is 2.40. The summed E-state index contributed by atoms with van der Waals surface area (Å²) in [6.07, 6.45) is 2.18. The summed E-state index contributed by atoms with van der Waals surface area (Å²) in [5.41, 5.74) is 3.48. The lowest BCUT2D eigenvalue weighted by Crippen LogP contribution is -2.40. The van der Waals surface area contributed by atoms with E-state index in [-0.39, 0.29) is 0 Å². The van der Waals surface area contributed by atoms with Crippen LogP contribution in [0.3, 0.4) is 0 Å². The van der Waals surface area contributed by atoms with Crippen LogP contribution >= 0.6 is 0 Å². The van der Waals surface area contributed by atoms with Gasteiger partial charge >= 0.3 is 0 Å². The van der Waals surface area contributed by atoms with Crippen molar-refractivity contribution in [3.05, 3.63) is 42.0 Å². The Hall–Kier alpha value is -2.40. The van der Waals surface area contributed by atoms with E-state index in [0.717, 1.165) is 31.6 Å². The van der Waals surface area contributed by atoms with E-state index in [1.807, 2.05) is 12.1 Å². The lowest BCUT2D eigenvalue weighted by molar-refractivity contribution is 0.324. The van der Waals surface area contributed by atoms with E-state index < -0.39 is 0 Å². The van der Waals surface area contributed by atoms with Gasteiger partial charge in [0.2, 0.25) is 5.75 Å². The predicted molar refractivity (Wildman–Crippen MR) is 105 cm³/mol. The average molecular weight is 356 g/mol. The van der Waals surface area contributed by atoms with Crippen molar-refractivity contribution in [2.75, 3.05) is 39.3 Å². The predicted octanol–water partition coefficient (Wildman–Crippen LogP) is 3.91. The second-order valence-electron chi connectivity index (χ2n) is 6.57. The van der Waals surface area contributed by atoms with Crippen LogP contribution in [0.25, 0.3) is 0 Å². The summed E-state index contributed by atoms with van der Waals surface area (Å²) in [6.45, 7) is 4.17. The molecule has 0 saturated carbocycles. The number of methoxy groups -OCH3 is 3. The molecule has 1 fully saturated rings. The van der Waals surface area contributed by atoms with Gasteiger partial charge in [0.05, 0.1) is 21.3 Å². The molecule has 0 aromatic heterocycles. The van der Waals surface area contributed by atoms with Crippen molar-refractivity contribution >= 4 is 11.4 Å². The fraction of sp³-hybridized carbons (Fsp3) is 0.429. The van der Waals surface area contributed by atoms with Crippen molar-refractivity contribution in [3.63, 3.8) is 0 Å². The van der Waals surface area contributed by atoms with E-state index in [1.54, 1.807) is 21.3 Å². The number of benzene rings is 2. The first-order valence-corrected chi connectivity index (χ1v) is 9.04. The Bertz CT molecular complexity index is 717. The Morgan fingerprint density at radius 3 is 2.08 bits per heavy atom. The molecule has 1 aliphatic heterocycles. The van der Waals surface area contributed by atoms with Crippen molar-refractivity contribution < 1.29 is 14.2 Å². The van der Waals surface area contributed by atoms with E-state index in [4.69, 9.17) is 14.2 Å². The van der Waals surface area contributed by atoms with Crippen LogP contribution in [0, 0.1) is 6.92 Å². The van der Waals surface area contributed by atoms with Gasteiger partial charge in [-0.2, -0.15) is 0 Å². The third-order valence-corrected chi connectivity index (χ3v) is 4.88. The molecule has 2 aromatic rings. The zero-order chi connectivity index (χ0) is 18.5. The molecule has 1 N–H and O–H groups in total.